The Kier molecular flexibility index (Phi) is 4.38. The van der Waals surface area contributed by atoms with Gasteiger partial charge in [0.1, 0.15) is 0 Å². The van der Waals surface area contributed by atoms with Crippen LogP contribution in [-0.2, 0) is 12.8 Å². The zero-order chi connectivity index (χ0) is 16.6. The second-order valence-corrected chi connectivity index (χ2v) is 7.30. The summed E-state index contributed by atoms with van der Waals surface area (Å²) in [5.74, 6) is 1.29. The number of carbonyl (C=O) groups excluding carboxylic acids is 1. The van der Waals surface area contributed by atoms with Crippen molar-refractivity contribution in [2.24, 2.45) is 5.92 Å². The van der Waals surface area contributed by atoms with Crippen molar-refractivity contribution in [3.05, 3.63) is 46.8 Å². The predicted molar refractivity (Wildman–Crippen MR) is 93.5 cm³/mol. The van der Waals surface area contributed by atoms with Crippen molar-refractivity contribution in [3.63, 3.8) is 0 Å². The largest absolute Gasteiger partial charge is 0.294 e. The minimum atomic E-state index is 0.270. The SMILES string of the molecule is CC(C)Cc1nn(-c2ccc(C(C)C)cc2)c2c1C(=O)CCC2. The maximum Gasteiger partial charge on any atom is 0.166 e. The number of ketones is 1. The second-order valence-electron chi connectivity index (χ2n) is 7.30. The first-order valence-corrected chi connectivity index (χ1v) is 8.71. The highest BCUT2D eigenvalue weighted by atomic mass is 16.1. The molecule has 0 spiro atoms. The van der Waals surface area contributed by atoms with Gasteiger partial charge in [0, 0.05) is 6.42 Å². The molecule has 2 aromatic rings. The van der Waals surface area contributed by atoms with Crippen LogP contribution >= 0.6 is 0 Å². The van der Waals surface area contributed by atoms with Crippen LogP contribution in [0.3, 0.4) is 0 Å². The van der Waals surface area contributed by atoms with Crippen molar-refractivity contribution in [1.82, 2.24) is 9.78 Å². The molecule has 1 aliphatic carbocycles. The van der Waals surface area contributed by atoms with Gasteiger partial charge in [-0.25, -0.2) is 4.68 Å². The van der Waals surface area contributed by atoms with Crippen LogP contribution in [0.5, 0.6) is 0 Å². The minimum Gasteiger partial charge on any atom is -0.294 e. The van der Waals surface area contributed by atoms with Crippen LogP contribution in [0.15, 0.2) is 24.3 Å². The smallest absolute Gasteiger partial charge is 0.166 e. The average molecular weight is 310 g/mol. The summed E-state index contributed by atoms with van der Waals surface area (Å²) >= 11 is 0. The lowest BCUT2D eigenvalue weighted by Gasteiger charge is -2.14. The number of aromatic nitrogens is 2. The molecule has 0 radical (unpaired) electrons. The molecule has 1 aliphatic rings. The molecule has 1 aromatic heterocycles. The highest BCUT2D eigenvalue weighted by Gasteiger charge is 2.27. The van der Waals surface area contributed by atoms with Gasteiger partial charge in [0.2, 0.25) is 0 Å². The third-order valence-electron chi connectivity index (χ3n) is 4.56. The monoisotopic (exact) mass is 310 g/mol. The Morgan fingerprint density at radius 2 is 1.78 bits per heavy atom. The van der Waals surface area contributed by atoms with Crippen LogP contribution in [0.1, 0.15) is 73.8 Å². The second kappa shape index (κ2) is 6.31. The fourth-order valence-corrected chi connectivity index (χ4v) is 3.34. The number of rotatable bonds is 4. The number of carbonyl (C=O) groups is 1. The zero-order valence-electron chi connectivity index (χ0n) is 14.6. The van der Waals surface area contributed by atoms with Crippen molar-refractivity contribution in [1.29, 1.82) is 0 Å². The van der Waals surface area contributed by atoms with E-state index in [1.165, 1.54) is 5.56 Å². The number of Topliss-reactive ketones (excluding diaryl/α,β-unsaturated/α-hetero) is 1. The third kappa shape index (κ3) is 3.10. The van der Waals surface area contributed by atoms with Gasteiger partial charge in [-0.05, 0) is 48.8 Å². The molecule has 0 N–H and O–H groups in total. The molecule has 122 valence electrons. The number of fused-ring (bicyclic) bond motifs is 1. The summed E-state index contributed by atoms with van der Waals surface area (Å²) in [6.07, 6.45) is 3.40. The van der Waals surface area contributed by atoms with Crippen LogP contribution in [-0.4, -0.2) is 15.6 Å². The van der Waals surface area contributed by atoms with Crippen LogP contribution in [0.2, 0.25) is 0 Å². The van der Waals surface area contributed by atoms with E-state index >= 15 is 0 Å². The fraction of sp³-hybridized carbons (Fsp3) is 0.500. The fourth-order valence-electron chi connectivity index (χ4n) is 3.34. The van der Waals surface area contributed by atoms with Gasteiger partial charge in [0.05, 0.1) is 22.6 Å². The molecule has 23 heavy (non-hydrogen) atoms. The Balaban J connectivity index is 2.07. The van der Waals surface area contributed by atoms with Gasteiger partial charge in [-0.2, -0.15) is 5.10 Å². The molecule has 0 saturated heterocycles. The Bertz CT molecular complexity index is 708. The average Bonchev–Trinajstić information content (AvgIpc) is 2.86. The van der Waals surface area contributed by atoms with E-state index in [2.05, 4.69) is 52.0 Å². The van der Waals surface area contributed by atoms with Crippen molar-refractivity contribution < 1.29 is 4.79 Å². The lowest BCUT2D eigenvalue weighted by atomic mass is 9.92. The highest BCUT2D eigenvalue weighted by molar-refractivity contribution is 5.99. The van der Waals surface area contributed by atoms with Crippen LogP contribution in [0.4, 0.5) is 0 Å². The first-order valence-electron chi connectivity index (χ1n) is 8.71. The molecular weight excluding hydrogens is 284 g/mol. The molecule has 3 heteroatoms. The van der Waals surface area contributed by atoms with Crippen molar-refractivity contribution in [2.75, 3.05) is 0 Å². The van der Waals surface area contributed by atoms with Gasteiger partial charge in [-0.15, -0.1) is 0 Å². The van der Waals surface area contributed by atoms with E-state index in [1.807, 2.05) is 4.68 Å². The summed E-state index contributed by atoms with van der Waals surface area (Å²) in [6, 6.07) is 8.59. The van der Waals surface area contributed by atoms with Crippen LogP contribution < -0.4 is 0 Å². The minimum absolute atomic E-state index is 0.270. The molecule has 1 heterocycles. The quantitative estimate of drug-likeness (QED) is 0.819. The molecular formula is C20H26N2O. The summed E-state index contributed by atoms with van der Waals surface area (Å²) in [5, 5.41) is 4.82. The molecule has 0 saturated carbocycles. The van der Waals surface area contributed by atoms with E-state index in [-0.39, 0.29) is 5.78 Å². The van der Waals surface area contributed by atoms with E-state index in [9.17, 15) is 4.79 Å². The molecule has 0 fully saturated rings. The summed E-state index contributed by atoms with van der Waals surface area (Å²) in [4.78, 5) is 12.4. The molecule has 0 atom stereocenters. The van der Waals surface area contributed by atoms with Crippen molar-refractivity contribution in [2.45, 2.75) is 59.3 Å². The number of hydrogen-bond acceptors (Lipinski definition) is 2. The van der Waals surface area contributed by atoms with E-state index in [4.69, 9.17) is 5.10 Å². The van der Waals surface area contributed by atoms with E-state index in [0.29, 0.717) is 18.3 Å². The Morgan fingerprint density at radius 3 is 2.39 bits per heavy atom. The first kappa shape index (κ1) is 16.0. The normalized spacial score (nSPS) is 14.6. The molecule has 3 nitrogen and oxygen atoms in total. The molecule has 0 amide bonds. The first-order chi connectivity index (χ1) is 11.0. The van der Waals surface area contributed by atoms with Gasteiger partial charge >= 0.3 is 0 Å². The van der Waals surface area contributed by atoms with Gasteiger partial charge in [0.15, 0.2) is 5.78 Å². The van der Waals surface area contributed by atoms with E-state index < -0.39 is 0 Å². The molecule has 1 aromatic carbocycles. The molecule has 0 unspecified atom stereocenters. The van der Waals surface area contributed by atoms with Crippen molar-refractivity contribution in [3.8, 4) is 5.69 Å². The summed E-state index contributed by atoms with van der Waals surface area (Å²) in [5.41, 5.74) is 5.38. The van der Waals surface area contributed by atoms with Gasteiger partial charge in [-0.1, -0.05) is 39.8 Å². The Morgan fingerprint density at radius 1 is 1.09 bits per heavy atom. The summed E-state index contributed by atoms with van der Waals surface area (Å²) in [6.45, 7) is 8.75. The van der Waals surface area contributed by atoms with Gasteiger partial charge in [0.25, 0.3) is 0 Å². The van der Waals surface area contributed by atoms with E-state index in [0.717, 1.165) is 41.9 Å². The predicted octanol–water partition coefficient (Wildman–Crippen LogP) is 4.71. The lowest BCUT2D eigenvalue weighted by Crippen LogP contribution is -2.14. The lowest BCUT2D eigenvalue weighted by molar-refractivity contribution is 0.0971. The summed E-state index contributed by atoms with van der Waals surface area (Å²) < 4.78 is 2.01. The number of nitrogens with zero attached hydrogens (tertiary/aromatic N) is 2. The standard InChI is InChI=1S/C20H26N2O/c1-13(2)12-17-20-18(6-5-7-19(20)23)22(21-17)16-10-8-15(9-11-16)14(3)4/h8-11,13-14H,5-7,12H2,1-4H3. The summed E-state index contributed by atoms with van der Waals surface area (Å²) in [7, 11) is 0. The number of hydrogen-bond donors (Lipinski definition) is 0. The Labute approximate surface area is 138 Å². The molecule has 3 rings (SSSR count). The van der Waals surface area contributed by atoms with E-state index in [1.54, 1.807) is 0 Å². The third-order valence-corrected chi connectivity index (χ3v) is 4.56. The topological polar surface area (TPSA) is 34.9 Å². The molecule has 0 bridgehead atoms. The number of benzene rings is 1. The maximum absolute atomic E-state index is 12.4. The Hall–Kier alpha value is -1.90. The maximum atomic E-state index is 12.4. The van der Waals surface area contributed by atoms with Gasteiger partial charge < -0.3 is 0 Å². The van der Waals surface area contributed by atoms with Crippen LogP contribution in [0, 0.1) is 5.92 Å². The highest BCUT2D eigenvalue weighted by Crippen LogP contribution is 2.29. The van der Waals surface area contributed by atoms with Gasteiger partial charge in [-0.3, -0.25) is 4.79 Å². The zero-order valence-corrected chi connectivity index (χ0v) is 14.6. The van der Waals surface area contributed by atoms with Crippen LogP contribution in [0.25, 0.3) is 5.69 Å². The van der Waals surface area contributed by atoms with Crippen molar-refractivity contribution >= 4 is 5.78 Å². The molecule has 0 aliphatic heterocycles.